The normalized spacial score (nSPS) is 20.7. The molecule has 1 aliphatic rings. The summed E-state index contributed by atoms with van der Waals surface area (Å²) in [6.07, 6.45) is 2.62. The highest BCUT2D eigenvalue weighted by Crippen LogP contribution is 2.15. The van der Waals surface area contributed by atoms with Gasteiger partial charge in [0.05, 0.1) is 0 Å². The maximum absolute atomic E-state index is 8.70. The molecule has 1 aromatic carbocycles. The van der Waals surface area contributed by atoms with Crippen LogP contribution in [-0.4, -0.2) is 42.6 Å². The second kappa shape index (κ2) is 7.43. The molecular weight excluding hydrogens is 264 g/mol. The highest BCUT2D eigenvalue weighted by Gasteiger charge is 2.16. The molecule has 1 aliphatic heterocycles. The van der Waals surface area contributed by atoms with Crippen LogP contribution >= 0.6 is 0 Å². The summed E-state index contributed by atoms with van der Waals surface area (Å²) in [6, 6.07) is 5.90. The number of nitrogens with zero attached hydrogens (tertiary/aromatic N) is 2. The summed E-state index contributed by atoms with van der Waals surface area (Å²) in [6.45, 7) is 6.40. The van der Waals surface area contributed by atoms with Gasteiger partial charge < -0.3 is 21.2 Å². The van der Waals surface area contributed by atoms with E-state index in [-0.39, 0.29) is 5.84 Å². The molecular formula is C16H26N4O. The molecule has 1 fully saturated rings. The lowest BCUT2D eigenvalue weighted by molar-refractivity contribution is 0.206. The minimum atomic E-state index is 0.155. The van der Waals surface area contributed by atoms with E-state index in [1.165, 1.54) is 31.5 Å². The van der Waals surface area contributed by atoms with Gasteiger partial charge in [-0.15, -0.1) is 0 Å². The zero-order valence-corrected chi connectivity index (χ0v) is 13.0. The van der Waals surface area contributed by atoms with Crippen molar-refractivity contribution in [3.05, 3.63) is 34.9 Å². The van der Waals surface area contributed by atoms with E-state index in [9.17, 15) is 0 Å². The zero-order chi connectivity index (χ0) is 15.2. The Bertz CT molecular complexity index is 501. The predicted octanol–water partition coefficient (Wildman–Crippen LogP) is 1.52. The van der Waals surface area contributed by atoms with Gasteiger partial charge in [0.25, 0.3) is 0 Å². The van der Waals surface area contributed by atoms with Crippen molar-refractivity contribution >= 4 is 5.84 Å². The van der Waals surface area contributed by atoms with Crippen LogP contribution in [0.5, 0.6) is 0 Å². The van der Waals surface area contributed by atoms with Crippen LogP contribution in [0.25, 0.3) is 0 Å². The molecule has 116 valence electrons. The third-order valence-electron chi connectivity index (χ3n) is 4.22. The van der Waals surface area contributed by atoms with Crippen molar-refractivity contribution in [2.45, 2.75) is 26.3 Å². The molecule has 2 rings (SSSR count). The SMILES string of the molecule is Cc1cc(/C(N)=N/O)ccc1CNCC1CCCN(C)C1. The van der Waals surface area contributed by atoms with Gasteiger partial charge in [-0.1, -0.05) is 17.3 Å². The number of nitrogens with two attached hydrogens (primary N) is 1. The molecule has 1 aromatic rings. The third-order valence-corrected chi connectivity index (χ3v) is 4.22. The Morgan fingerprint density at radius 1 is 1.52 bits per heavy atom. The summed E-state index contributed by atoms with van der Waals surface area (Å²) in [5, 5.41) is 15.3. The number of aryl methyl sites for hydroxylation is 1. The lowest BCUT2D eigenvalue weighted by atomic mass is 9.98. The first-order chi connectivity index (χ1) is 10.1. The number of likely N-dealkylation sites (tertiary alicyclic amines) is 1. The summed E-state index contributed by atoms with van der Waals surface area (Å²) >= 11 is 0. The molecule has 0 bridgehead atoms. The van der Waals surface area contributed by atoms with Gasteiger partial charge in [0.1, 0.15) is 0 Å². The van der Waals surface area contributed by atoms with E-state index < -0.39 is 0 Å². The van der Waals surface area contributed by atoms with Crippen LogP contribution in [0.4, 0.5) is 0 Å². The quantitative estimate of drug-likeness (QED) is 0.333. The first-order valence-corrected chi connectivity index (χ1v) is 7.57. The van der Waals surface area contributed by atoms with Gasteiger partial charge in [0.2, 0.25) is 0 Å². The average Bonchev–Trinajstić information content (AvgIpc) is 2.48. The van der Waals surface area contributed by atoms with E-state index in [0.29, 0.717) is 0 Å². The van der Waals surface area contributed by atoms with Crippen LogP contribution in [-0.2, 0) is 6.54 Å². The Kier molecular flexibility index (Phi) is 5.59. The molecule has 0 radical (unpaired) electrons. The van der Waals surface area contributed by atoms with Crippen molar-refractivity contribution in [3.63, 3.8) is 0 Å². The summed E-state index contributed by atoms with van der Waals surface area (Å²) in [4.78, 5) is 2.41. The van der Waals surface area contributed by atoms with Gasteiger partial charge in [0, 0.05) is 18.7 Å². The Labute approximate surface area is 126 Å². The van der Waals surface area contributed by atoms with E-state index in [1.807, 2.05) is 18.2 Å². The molecule has 5 heteroatoms. The predicted molar refractivity (Wildman–Crippen MR) is 85.6 cm³/mol. The van der Waals surface area contributed by atoms with E-state index in [1.54, 1.807) is 0 Å². The third kappa shape index (κ3) is 4.44. The van der Waals surface area contributed by atoms with E-state index in [0.717, 1.165) is 30.1 Å². The molecule has 0 amide bonds. The molecule has 0 aliphatic carbocycles. The summed E-state index contributed by atoms with van der Waals surface area (Å²) in [7, 11) is 2.20. The van der Waals surface area contributed by atoms with Crippen LogP contribution in [0.15, 0.2) is 23.4 Å². The van der Waals surface area contributed by atoms with Gasteiger partial charge in [-0.3, -0.25) is 0 Å². The summed E-state index contributed by atoms with van der Waals surface area (Å²) < 4.78 is 0. The van der Waals surface area contributed by atoms with Crippen LogP contribution in [0.3, 0.4) is 0 Å². The molecule has 0 saturated carbocycles. The van der Waals surface area contributed by atoms with Gasteiger partial charge >= 0.3 is 0 Å². The number of benzene rings is 1. The summed E-state index contributed by atoms with van der Waals surface area (Å²) in [5.41, 5.74) is 8.78. The maximum Gasteiger partial charge on any atom is 0.170 e. The Balaban J connectivity index is 1.86. The van der Waals surface area contributed by atoms with E-state index in [4.69, 9.17) is 10.9 Å². The first kappa shape index (κ1) is 15.8. The van der Waals surface area contributed by atoms with Gasteiger partial charge in [-0.25, -0.2) is 0 Å². The van der Waals surface area contributed by atoms with Crippen LogP contribution in [0, 0.1) is 12.8 Å². The molecule has 0 aromatic heterocycles. The molecule has 21 heavy (non-hydrogen) atoms. The van der Waals surface area contributed by atoms with Gasteiger partial charge in [-0.2, -0.15) is 0 Å². The van der Waals surface area contributed by atoms with E-state index >= 15 is 0 Å². The minimum absolute atomic E-state index is 0.155. The first-order valence-electron chi connectivity index (χ1n) is 7.57. The highest BCUT2D eigenvalue weighted by molar-refractivity contribution is 5.97. The number of hydrogen-bond donors (Lipinski definition) is 3. The second-order valence-corrected chi connectivity index (χ2v) is 6.03. The molecule has 1 heterocycles. The van der Waals surface area contributed by atoms with Crippen LogP contribution in [0.2, 0.25) is 0 Å². The van der Waals surface area contributed by atoms with Crippen molar-refractivity contribution in [2.75, 3.05) is 26.7 Å². The highest BCUT2D eigenvalue weighted by atomic mass is 16.4. The number of oxime groups is 1. The van der Waals surface area contributed by atoms with Crippen LogP contribution < -0.4 is 11.1 Å². The maximum atomic E-state index is 8.70. The second-order valence-electron chi connectivity index (χ2n) is 6.03. The number of hydrogen-bond acceptors (Lipinski definition) is 4. The fraction of sp³-hybridized carbons (Fsp3) is 0.562. The zero-order valence-electron chi connectivity index (χ0n) is 13.0. The molecule has 5 nitrogen and oxygen atoms in total. The number of nitrogens with one attached hydrogen (secondary N) is 1. The fourth-order valence-electron chi connectivity index (χ4n) is 2.96. The molecule has 0 spiro atoms. The Hall–Kier alpha value is -1.59. The largest absolute Gasteiger partial charge is 0.409 e. The molecule has 1 saturated heterocycles. The van der Waals surface area contributed by atoms with Crippen molar-refractivity contribution < 1.29 is 5.21 Å². The van der Waals surface area contributed by atoms with Crippen molar-refractivity contribution in [3.8, 4) is 0 Å². The topological polar surface area (TPSA) is 73.9 Å². The molecule has 1 atom stereocenters. The van der Waals surface area contributed by atoms with Gasteiger partial charge in [-0.05, 0) is 63.0 Å². The van der Waals surface area contributed by atoms with Crippen molar-refractivity contribution in [1.82, 2.24) is 10.2 Å². The van der Waals surface area contributed by atoms with Crippen molar-refractivity contribution in [2.24, 2.45) is 16.8 Å². The summed E-state index contributed by atoms with van der Waals surface area (Å²) in [5.74, 6) is 0.906. The number of piperidine rings is 1. The lowest BCUT2D eigenvalue weighted by Gasteiger charge is -2.29. The molecule has 1 unspecified atom stereocenters. The number of rotatable bonds is 5. The smallest absolute Gasteiger partial charge is 0.170 e. The van der Waals surface area contributed by atoms with E-state index in [2.05, 4.69) is 29.3 Å². The van der Waals surface area contributed by atoms with Crippen LogP contribution in [0.1, 0.15) is 29.5 Å². The Morgan fingerprint density at radius 3 is 3.00 bits per heavy atom. The minimum Gasteiger partial charge on any atom is -0.409 e. The lowest BCUT2D eigenvalue weighted by Crippen LogP contribution is -2.37. The number of amidine groups is 1. The fourth-order valence-corrected chi connectivity index (χ4v) is 2.96. The standard InChI is InChI=1S/C16H26N4O/c1-12-8-14(16(17)19-21)5-6-15(12)10-18-9-13-4-3-7-20(2)11-13/h5-6,8,13,18,21H,3-4,7,9-11H2,1-2H3,(H2,17,19). The monoisotopic (exact) mass is 290 g/mol. The van der Waals surface area contributed by atoms with Gasteiger partial charge in [0.15, 0.2) is 5.84 Å². The molecule has 4 N–H and O–H groups in total. The average molecular weight is 290 g/mol. The van der Waals surface area contributed by atoms with Crippen molar-refractivity contribution in [1.29, 1.82) is 0 Å². The Morgan fingerprint density at radius 2 is 2.33 bits per heavy atom.